The van der Waals surface area contributed by atoms with Crippen LogP contribution in [0.3, 0.4) is 0 Å². The van der Waals surface area contributed by atoms with Crippen LogP contribution in [-0.2, 0) is 6.54 Å². The maximum Gasteiger partial charge on any atom is 0.238 e. The van der Waals surface area contributed by atoms with E-state index in [0.717, 1.165) is 42.4 Å². The fourth-order valence-electron chi connectivity index (χ4n) is 2.94. The van der Waals surface area contributed by atoms with Crippen LogP contribution >= 0.6 is 0 Å². The summed E-state index contributed by atoms with van der Waals surface area (Å²) >= 11 is 0. The van der Waals surface area contributed by atoms with Crippen LogP contribution in [0.2, 0.25) is 0 Å². The summed E-state index contributed by atoms with van der Waals surface area (Å²) in [5, 5.41) is 8.36. The summed E-state index contributed by atoms with van der Waals surface area (Å²) in [7, 11) is 1.71. The van der Waals surface area contributed by atoms with Gasteiger partial charge in [-0.15, -0.1) is 5.10 Å². The van der Waals surface area contributed by atoms with Gasteiger partial charge in [-0.25, -0.2) is 0 Å². The fraction of sp³-hybridized carbons (Fsp3) is 0.474. The molecule has 0 bridgehead atoms. The average Bonchev–Trinajstić information content (AvgIpc) is 3.09. The van der Waals surface area contributed by atoms with Crippen molar-refractivity contribution >= 4 is 0 Å². The molecule has 1 aliphatic heterocycles. The lowest BCUT2D eigenvalue weighted by molar-refractivity contribution is 0.320. The Kier molecular flexibility index (Phi) is 5.30. The fourth-order valence-corrected chi connectivity index (χ4v) is 2.94. The van der Waals surface area contributed by atoms with E-state index in [2.05, 4.69) is 28.9 Å². The summed E-state index contributed by atoms with van der Waals surface area (Å²) in [6, 6.07) is 9.73. The first-order chi connectivity index (χ1) is 11.7. The molecule has 2 aromatic rings. The topological polar surface area (TPSA) is 47.5 Å². The highest BCUT2D eigenvalue weighted by Gasteiger charge is 2.15. The number of benzene rings is 1. The van der Waals surface area contributed by atoms with Gasteiger partial charge in [0.05, 0.1) is 12.8 Å². The van der Waals surface area contributed by atoms with Crippen molar-refractivity contribution in [1.82, 2.24) is 15.1 Å². The smallest absolute Gasteiger partial charge is 0.238 e. The zero-order valence-corrected chi connectivity index (χ0v) is 14.7. The van der Waals surface area contributed by atoms with E-state index in [-0.39, 0.29) is 0 Å². The molecule has 128 valence electrons. The molecule has 0 unspecified atom stereocenters. The van der Waals surface area contributed by atoms with Crippen molar-refractivity contribution in [3.05, 3.63) is 41.6 Å². The summed E-state index contributed by atoms with van der Waals surface area (Å²) in [5.74, 6) is 2.53. The average molecular weight is 327 g/mol. The molecule has 1 saturated heterocycles. The van der Waals surface area contributed by atoms with Crippen LogP contribution in [-0.4, -0.2) is 35.3 Å². The molecule has 2 heterocycles. The van der Waals surface area contributed by atoms with Crippen LogP contribution in [0, 0.1) is 0 Å². The first-order valence-corrected chi connectivity index (χ1v) is 8.56. The summed E-state index contributed by atoms with van der Waals surface area (Å²) in [6.07, 6.45) is 2.55. The zero-order valence-electron chi connectivity index (χ0n) is 14.7. The first kappa shape index (κ1) is 16.7. The second kappa shape index (κ2) is 7.62. The van der Waals surface area contributed by atoms with Gasteiger partial charge in [0.2, 0.25) is 5.88 Å². The van der Waals surface area contributed by atoms with E-state index >= 15 is 0 Å². The van der Waals surface area contributed by atoms with E-state index < -0.39 is 0 Å². The van der Waals surface area contributed by atoms with Crippen molar-refractivity contribution in [2.45, 2.75) is 39.2 Å². The van der Waals surface area contributed by atoms with Crippen LogP contribution in [0.25, 0.3) is 0 Å². The molecule has 1 fully saturated rings. The van der Waals surface area contributed by atoms with E-state index in [0.29, 0.717) is 11.8 Å². The lowest BCUT2D eigenvalue weighted by atomic mass is 10.1. The van der Waals surface area contributed by atoms with Gasteiger partial charge in [-0.05, 0) is 56.1 Å². The molecule has 5 nitrogen and oxygen atoms in total. The molecule has 0 atom stereocenters. The number of likely N-dealkylation sites (tertiary alicyclic amines) is 1. The molecule has 0 amide bonds. The van der Waals surface area contributed by atoms with Crippen molar-refractivity contribution in [1.29, 1.82) is 0 Å². The minimum atomic E-state index is 0.361. The Bertz CT molecular complexity index is 665. The highest BCUT2D eigenvalue weighted by molar-refractivity contribution is 5.41. The molecule has 1 aromatic carbocycles. The number of methoxy groups -OCH3 is 1. The third-order valence-corrected chi connectivity index (χ3v) is 4.32. The quantitative estimate of drug-likeness (QED) is 0.802. The normalized spacial score (nSPS) is 15.0. The molecule has 0 spiro atoms. The summed E-state index contributed by atoms with van der Waals surface area (Å²) in [6.45, 7) is 7.38. The van der Waals surface area contributed by atoms with Crippen LogP contribution in [0.15, 0.2) is 30.3 Å². The molecule has 1 aliphatic rings. The molecule has 5 heteroatoms. The maximum absolute atomic E-state index is 5.87. The first-order valence-electron chi connectivity index (χ1n) is 8.56. The maximum atomic E-state index is 5.87. The Morgan fingerprint density at radius 3 is 2.50 bits per heavy atom. The predicted molar refractivity (Wildman–Crippen MR) is 93.7 cm³/mol. The van der Waals surface area contributed by atoms with Crippen LogP contribution in [0.4, 0.5) is 0 Å². The second-order valence-electron chi connectivity index (χ2n) is 6.51. The molecule has 3 rings (SSSR count). The van der Waals surface area contributed by atoms with Crippen molar-refractivity contribution in [2.24, 2.45) is 0 Å². The van der Waals surface area contributed by atoms with E-state index in [1.54, 1.807) is 7.11 Å². The molecule has 24 heavy (non-hydrogen) atoms. The van der Waals surface area contributed by atoms with Gasteiger partial charge in [0.15, 0.2) is 0 Å². The van der Waals surface area contributed by atoms with E-state index in [4.69, 9.17) is 9.47 Å². The number of ether oxygens (including phenoxy) is 2. The lowest BCUT2D eigenvalue weighted by Gasteiger charge is -2.17. The molecule has 0 saturated carbocycles. The number of aromatic nitrogens is 2. The van der Waals surface area contributed by atoms with Gasteiger partial charge in [-0.1, -0.05) is 13.8 Å². The molecule has 0 N–H and O–H groups in total. The third kappa shape index (κ3) is 4.03. The third-order valence-electron chi connectivity index (χ3n) is 4.32. The van der Waals surface area contributed by atoms with Crippen LogP contribution in [0.5, 0.6) is 17.4 Å². The van der Waals surface area contributed by atoms with Gasteiger partial charge >= 0.3 is 0 Å². The Morgan fingerprint density at radius 2 is 1.88 bits per heavy atom. The van der Waals surface area contributed by atoms with E-state index in [9.17, 15) is 0 Å². The number of hydrogen-bond acceptors (Lipinski definition) is 5. The highest BCUT2D eigenvalue weighted by atomic mass is 16.5. The van der Waals surface area contributed by atoms with E-state index in [1.807, 2.05) is 30.3 Å². The minimum Gasteiger partial charge on any atom is -0.496 e. The van der Waals surface area contributed by atoms with Gasteiger partial charge in [0.25, 0.3) is 0 Å². The second-order valence-corrected chi connectivity index (χ2v) is 6.51. The van der Waals surface area contributed by atoms with Gasteiger partial charge in [0, 0.05) is 18.2 Å². The van der Waals surface area contributed by atoms with Gasteiger partial charge < -0.3 is 9.47 Å². The van der Waals surface area contributed by atoms with Gasteiger partial charge in [-0.2, -0.15) is 5.10 Å². The summed E-state index contributed by atoms with van der Waals surface area (Å²) < 4.78 is 11.4. The largest absolute Gasteiger partial charge is 0.496 e. The molecule has 1 aromatic heterocycles. The van der Waals surface area contributed by atoms with Crippen LogP contribution < -0.4 is 9.47 Å². The molecular weight excluding hydrogens is 302 g/mol. The number of rotatable bonds is 6. The van der Waals surface area contributed by atoms with Crippen LogP contribution in [0.1, 0.15) is 43.9 Å². The number of nitrogens with zero attached hydrogens (tertiary/aromatic N) is 3. The zero-order chi connectivity index (χ0) is 16.9. The van der Waals surface area contributed by atoms with Gasteiger partial charge in [-0.3, -0.25) is 4.90 Å². The van der Waals surface area contributed by atoms with E-state index in [1.165, 1.54) is 12.8 Å². The Balaban J connectivity index is 1.75. The standard InChI is InChI=1S/C19H25N3O2/c1-14(2)17-7-9-19(21-20-17)24-16-6-8-18(23-3)15(12-16)13-22-10-4-5-11-22/h6-9,12,14H,4-5,10-11,13H2,1-3H3. The van der Waals surface area contributed by atoms with Gasteiger partial charge in [0.1, 0.15) is 11.5 Å². The Hall–Kier alpha value is -2.14. The Labute approximate surface area is 143 Å². The molecule has 0 aliphatic carbocycles. The van der Waals surface area contributed by atoms with Crippen molar-refractivity contribution in [3.63, 3.8) is 0 Å². The lowest BCUT2D eigenvalue weighted by Crippen LogP contribution is -2.18. The monoisotopic (exact) mass is 327 g/mol. The summed E-state index contributed by atoms with van der Waals surface area (Å²) in [4.78, 5) is 2.44. The highest BCUT2D eigenvalue weighted by Crippen LogP contribution is 2.29. The Morgan fingerprint density at radius 1 is 1.08 bits per heavy atom. The van der Waals surface area contributed by atoms with Crippen molar-refractivity contribution in [2.75, 3.05) is 20.2 Å². The van der Waals surface area contributed by atoms with Crippen molar-refractivity contribution < 1.29 is 9.47 Å². The summed E-state index contributed by atoms with van der Waals surface area (Å²) in [5.41, 5.74) is 2.11. The van der Waals surface area contributed by atoms with Crippen molar-refractivity contribution in [3.8, 4) is 17.4 Å². The minimum absolute atomic E-state index is 0.361. The molecular formula is C19H25N3O2. The number of hydrogen-bond donors (Lipinski definition) is 0. The SMILES string of the molecule is COc1ccc(Oc2ccc(C(C)C)nn2)cc1CN1CCCC1. The molecule has 0 radical (unpaired) electrons. The predicted octanol–water partition coefficient (Wildman–Crippen LogP) is 4.00.